The van der Waals surface area contributed by atoms with Gasteiger partial charge in [0.25, 0.3) is 5.91 Å². The number of ketones is 1. The Bertz CT molecular complexity index is 742. The number of thioether (sulfide) groups is 1. The van der Waals surface area contributed by atoms with E-state index in [-0.39, 0.29) is 29.9 Å². The summed E-state index contributed by atoms with van der Waals surface area (Å²) >= 11 is 1.43. The van der Waals surface area contributed by atoms with E-state index in [1.165, 1.54) is 30.7 Å². The number of hydrogen-bond donors (Lipinski definition) is 1. The van der Waals surface area contributed by atoms with Gasteiger partial charge in [-0.1, -0.05) is 0 Å². The Morgan fingerprint density at radius 2 is 1.96 bits per heavy atom. The lowest BCUT2D eigenvalue weighted by Gasteiger charge is -2.30. The van der Waals surface area contributed by atoms with Crippen LogP contribution in [0.4, 0.5) is 0 Å². The van der Waals surface area contributed by atoms with Gasteiger partial charge in [0.1, 0.15) is 10.9 Å². The summed E-state index contributed by atoms with van der Waals surface area (Å²) in [5, 5.41) is -0.431. The summed E-state index contributed by atoms with van der Waals surface area (Å²) in [6.07, 6.45) is 0. The van der Waals surface area contributed by atoms with Crippen molar-refractivity contribution in [2.45, 2.75) is 26.0 Å². The highest BCUT2D eigenvalue weighted by molar-refractivity contribution is 8.00. The number of nitrogens with zero attached hydrogens (tertiary/aromatic N) is 1. The van der Waals surface area contributed by atoms with Gasteiger partial charge in [-0.3, -0.25) is 14.4 Å². The Balaban J connectivity index is 1.97. The van der Waals surface area contributed by atoms with Crippen molar-refractivity contribution in [3.63, 3.8) is 0 Å². The number of aromatic amines is 1. The van der Waals surface area contributed by atoms with Crippen LogP contribution in [0.3, 0.4) is 0 Å². The smallest absolute Gasteiger partial charge is 0.355 e. The van der Waals surface area contributed by atoms with Crippen LogP contribution in [0.25, 0.3) is 0 Å². The zero-order valence-electron chi connectivity index (χ0n) is 15.2. The molecule has 26 heavy (non-hydrogen) atoms. The Labute approximate surface area is 155 Å². The second-order valence-electron chi connectivity index (χ2n) is 5.98. The molecule has 142 valence electrons. The normalized spacial score (nSPS) is 16.9. The number of hydrogen-bond acceptors (Lipinski definition) is 7. The van der Waals surface area contributed by atoms with Crippen LogP contribution in [-0.4, -0.2) is 71.3 Å². The Morgan fingerprint density at radius 1 is 1.27 bits per heavy atom. The molecule has 2 rings (SSSR count). The fraction of sp³-hybridized carbons (Fsp3) is 0.529. The second kappa shape index (κ2) is 8.39. The fourth-order valence-corrected chi connectivity index (χ4v) is 4.05. The van der Waals surface area contributed by atoms with Gasteiger partial charge in [0.15, 0.2) is 12.4 Å². The van der Waals surface area contributed by atoms with Gasteiger partial charge in [-0.15, -0.1) is 11.8 Å². The SMILES string of the molecule is COC(=O)[C@@H]1CN(C(=O)COC(=O)c2[nH]c(C)c(C(C)=O)c2C)CCS1. The first-order valence-corrected chi connectivity index (χ1v) is 9.15. The van der Waals surface area contributed by atoms with Crippen molar-refractivity contribution < 1.29 is 28.7 Å². The van der Waals surface area contributed by atoms with Crippen LogP contribution in [0.1, 0.15) is 39.0 Å². The van der Waals surface area contributed by atoms with Crippen molar-refractivity contribution in [3.05, 3.63) is 22.5 Å². The van der Waals surface area contributed by atoms with E-state index in [9.17, 15) is 19.2 Å². The van der Waals surface area contributed by atoms with Gasteiger partial charge in [0.2, 0.25) is 0 Å². The van der Waals surface area contributed by atoms with Crippen molar-refractivity contribution in [1.82, 2.24) is 9.88 Å². The average Bonchev–Trinajstić information content (AvgIpc) is 2.93. The predicted octanol–water partition coefficient (Wildman–Crippen LogP) is 1.11. The number of carbonyl (C=O) groups is 4. The lowest BCUT2D eigenvalue weighted by atomic mass is 10.1. The molecule has 1 N–H and O–H groups in total. The summed E-state index contributed by atoms with van der Waals surface area (Å²) in [5.74, 6) is -0.983. The summed E-state index contributed by atoms with van der Waals surface area (Å²) in [6.45, 7) is 5.05. The topological polar surface area (TPSA) is 106 Å². The van der Waals surface area contributed by atoms with Gasteiger partial charge < -0.3 is 19.4 Å². The lowest BCUT2D eigenvalue weighted by molar-refractivity contribution is -0.141. The number of esters is 2. The Hall–Kier alpha value is -2.29. The van der Waals surface area contributed by atoms with Crippen LogP contribution in [0, 0.1) is 13.8 Å². The third kappa shape index (κ3) is 4.27. The molecule has 0 unspecified atom stereocenters. The fourth-order valence-electron chi connectivity index (χ4n) is 2.92. The van der Waals surface area contributed by atoms with E-state index in [4.69, 9.17) is 9.47 Å². The molecule has 8 nitrogen and oxygen atoms in total. The number of aromatic nitrogens is 1. The molecule has 1 aromatic heterocycles. The largest absolute Gasteiger partial charge is 0.468 e. The van der Waals surface area contributed by atoms with Crippen molar-refractivity contribution in [2.24, 2.45) is 0 Å². The number of aryl methyl sites for hydroxylation is 1. The lowest BCUT2D eigenvalue weighted by Crippen LogP contribution is -2.46. The maximum Gasteiger partial charge on any atom is 0.355 e. The number of H-pyrrole nitrogens is 1. The molecule has 0 bridgehead atoms. The third-order valence-corrected chi connectivity index (χ3v) is 5.37. The second-order valence-corrected chi connectivity index (χ2v) is 7.29. The van der Waals surface area contributed by atoms with Crippen molar-refractivity contribution in [3.8, 4) is 0 Å². The summed E-state index contributed by atoms with van der Waals surface area (Å²) in [7, 11) is 1.31. The number of ether oxygens (including phenoxy) is 2. The monoisotopic (exact) mass is 382 g/mol. The van der Waals surface area contributed by atoms with E-state index in [2.05, 4.69) is 4.98 Å². The van der Waals surface area contributed by atoms with Crippen LogP contribution in [-0.2, 0) is 19.1 Å². The predicted molar refractivity (Wildman–Crippen MR) is 95.4 cm³/mol. The molecule has 0 spiro atoms. The van der Waals surface area contributed by atoms with Gasteiger partial charge in [0.05, 0.1) is 7.11 Å². The minimum atomic E-state index is -0.692. The highest BCUT2D eigenvalue weighted by Gasteiger charge is 2.30. The number of nitrogens with one attached hydrogen (secondary N) is 1. The molecule has 0 saturated carbocycles. The number of Topliss-reactive ketones (excluding diaryl/α,β-unsaturated/α-hetero) is 1. The van der Waals surface area contributed by atoms with Crippen LogP contribution in [0.2, 0.25) is 0 Å². The first kappa shape index (κ1) is 20.0. The number of methoxy groups -OCH3 is 1. The molecule has 0 radical (unpaired) electrons. The summed E-state index contributed by atoms with van der Waals surface area (Å²) in [6, 6.07) is 0. The first-order valence-electron chi connectivity index (χ1n) is 8.10. The number of amides is 1. The van der Waals surface area contributed by atoms with E-state index < -0.39 is 17.8 Å². The molecule has 9 heteroatoms. The van der Waals surface area contributed by atoms with Gasteiger partial charge in [-0.25, -0.2) is 4.79 Å². The Morgan fingerprint density at radius 3 is 2.54 bits per heavy atom. The number of carbonyl (C=O) groups excluding carboxylic acids is 4. The van der Waals surface area contributed by atoms with Crippen LogP contribution in [0.15, 0.2) is 0 Å². The van der Waals surface area contributed by atoms with Gasteiger partial charge in [-0.2, -0.15) is 0 Å². The Kier molecular flexibility index (Phi) is 6.47. The van der Waals surface area contributed by atoms with Crippen LogP contribution >= 0.6 is 11.8 Å². The molecule has 0 aliphatic carbocycles. The number of rotatable bonds is 5. The molecule has 2 heterocycles. The maximum atomic E-state index is 12.3. The molecule has 1 saturated heterocycles. The minimum Gasteiger partial charge on any atom is -0.468 e. The van der Waals surface area contributed by atoms with E-state index in [1.807, 2.05) is 0 Å². The zero-order valence-corrected chi connectivity index (χ0v) is 16.0. The van der Waals surface area contributed by atoms with E-state index in [1.54, 1.807) is 13.8 Å². The minimum absolute atomic E-state index is 0.147. The molecule has 1 amide bonds. The standard InChI is InChI=1S/C17H22N2O6S/c1-9-14(11(3)20)10(2)18-15(9)17(23)25-8-13(21)19-5-6-26-12(7-19)16(22)24-4/h12,18H,5-8H2,1-4H3/t12-/m0/s1. The first-order chi connectivity index (χ1) is 12.3. The maximum absolute atomic E-state index is 12.3. The quantitative estimate of drug-likeness (QED) is 0.600. The van der Waals surface area contributed by atoms with Crippen molar-refractivity contribution in [1.29, 1.82) is 0 Å². The van der Waals surface area contributed by atoms with Crippen molar-refractivity contribution in [2.75, 3.05) is 32.6 Å². The molecule has 1 aliphatic heterocycles. The molecular weight excluding hydrogens is 360 g/mol. The van der Waals surface area contributed by atoms with Gasteiger partial charge in [-0.05, 0) is 26.3 Å². The molecule has 1 atom stereocenters. The van der Waals surface area contributed by atoms with Gasteiger partial charge in [0, 0.05) is 30.1 Å². The molecule has 1 aromatic rings. The van der Waals surface area contributed by atoms with Crippen LogP contribution < -0.4 is 0 Å². The zero-order chi connectivity index (χ0) is 19.4. The average molecular weight is 382 g/mol. The van der Waals surface area contributed by atoms with Crippen LogP contribution in [0.5, 0.6) is 0 Å². The summed E-state index contributed by atoms with van der Waals surface area (Å²) < 4.78 is 9.80. The van der Waals surface area contributed by atoms with Gasteiger partial charge >= 0.3 is 11.9 Å². The summed E-state index contributed by atoms with van der Waals surface area (Å²) in [5.41, 5.74) is 1.72. The molecule has 1 aliphatic rings. The molecular formula is C17H22N2O6S. The molecule has 1 fully saturated rings. The van der Waals surface area contributed by atoms with E-state index >= 15 is 0 Å². The van der Waals surface area contributed by atoms with E-state index in [0.717, 1.165) is 0 Å². The highest BCUT2D eigenvalue weighted by atomic mass is 32.2. The van der Waals surface area contributed by atoms with Crippen molar-refractivity contribution >= 4 is 35.4 Å². The van der Waals surface area contributed by atoms with E-state index in [0.29, 0.717) is 29.1 Å². The third-order valence-electron chi connectivity index (χ3n) is 4.20. The molecule has 0 aromatic carbocycles. The summed E-state index contributed by atoms with van der Waals surface area (Å²) in [4.78, 5) is 52.1. The highest BCUT2D eigenvalue weighted by Crippen LogP contribution is 2.21.